The largest absolute Gasteiger partial charge is 0.416 e. The molecule has 120 valence electrons. The smallest absolute Gasteiger partial charge is 0.386 e. The lowest BCUT2D eigenvalue weighted by atomic mass is 10.0. The first kappa shape index (κ1) is 17.7. The second-order valence-electron chi connectivity index (χ2n) is 4.18. The Labute approximate surface area is 115 Å². The van der Waals surface area contributed by atoms with Crippen molar-refractivity contribution >= 4 is 0 Å². The summed E-state index contributed by atoms with van der Waals surface area (Å²) in [6, 6.07) is 3.95. The topological polar surface area (TPSA) is 29.5 Å². The van der Waals surface area contributed by atoms with Gasteiger partial charge in [-0.25, -0.2) is 8.78 Å². The van der Waals surface area contributed by atoms with Crippen LogP contribution in [-0.2, 0) is 10.9 Å². The standard InChI is InChI=1S/C12H11F7O2/c13-10(14)11(15,16)6-21-5-9(20)7-3-1-2-4-8(7)12(17,18)19/h1-4,9-10,20H,5-6H2. The molecule has 0 spiro atoms. The van der Waals surface area contributed by atoms with E-state index in [0.29, 0.717) is 6.07 Å². The van der Waals surface area contributed by atoms with E-state index in [1.165, 1.54) is 6.07 Å². The summed E-state index contributed by atoms with van der Waals surface area (Å²) in [5.74, 6) is -4.43. The second kappa shape index (κ2) is 6.61. The molecule has 1 unspecified atom stereocenters. The van der Waals surface area contributed by atoms with Gasteiger partial charge in [-0.2, -0.15) is 22.0 Å². The summed E-state index contributed by atoms with van der Waals surface area (Å²) in [5.41, 5.74) is -1.73. The highest BCUT2D eigenvalue weighted by Crippen LogP contribution is 2.34. The SMILES string of the molecule is OC(COCC(F)(F)C(F)F)c1ccccc1C(F)(F)F. The average Bonchev–Trinajstić information content (AvgIpc) is 2.37. The molecule has 0 amide bonds. The highest BCUT2D eigenvalue weighted by molar-refractivity contribution is 5.31. The van der Waals surface area contributed by atoms with Crippen LogP contribution in [0.3, 0.4) is 0 Å². The van der Waals surface area contributed by atoms with Crippen LogP contribution in [0.15, 0.2) is 24.3 Å². The number of aliphatic hydroxyl groups is 1. The van der Waals surface area contributed by atoms with Crippen LogP contribution in [0.4, 0.5) is 30.7 Å². The fourth-order valence-corrected chi connectivity index (χ4v) is 1.51. The fraction of sp³-hybridized carbons (Fsp3) is 0.500. The zero-order valence-electron chi connectivity index (χ0n) is 10.4. The van der Waals surface area contributed by atoms with Gasteiger partial charge < -0.3 is 9.84 Å². The molecule has 0 heterocycles. The Kier molecular flexibility index (Phi) is 5.57. The quantitative estimate of drug-likeness (QED) is 0.811. The van der Waals surface area contributed by atoms with E-state index in [1.54, 1.807) is 0 Å². The lowest BCUT2D eigenvalue weighted by molar-refractivity contribution is -0.171. The third-order valence-electron chi connectivity index (χ3n) is 2.51. The maximum Gasteiger partial charge on any atom is 0.416 e. The second-order valence-corrected chi connectivity index (χ2v) is 4.18. The van der Waals surface area contributed by atoms with Gasteiger partial charge in [0, 0.05) is 0 Å². The number of hydrogen-bond acceptors (Lipinski definition) is 2. The van der Waals surface area contributed by atoms with E-state index < -0.39 is 49.0 Å². The number of benzene rings is 1. The predicted molar refractivity (Wildman–Crippen MR) is 58.2 cm³/mol. The lowest BCUT2D eigenvalue weighted by Crippen LogP contribution is -2.33. The zero-order chi connectivity index (χ0) is 16.3. The van der Waals surface area contributed by atoms with Crippen molar-refractivity contribution in [1.82, 2.24) is 0 Å². The van der Waals surface area contributed by atoms with Crippen LogP contribution >= 0.6 is 0 Å². The minimum Gasteiger partial charge on any atom is -0.386 e. The van der Waals surface area contributed by atoms with E-state index in [-0.39, 0.29) is 0 Å². The first-order valence-corrected chi connectivity index (χ1v) is 5.63. The van der Waals surface area contributed by atoms with Crippen LogP contribution < -0.4 is 0 Å². The monoisotopic (exact) mass is 320 g/mol. The Balaban J connectivity index is 2.71. The molecule has 0 saturated heterocycles. The van der Waals surface area contributed by atoms with Crippen LogP contribution in [0.1, 0.15) is 17.2 Å². The number of ether oxygens (including phenoxy) is 1. The molecule has 1 aromatic rings. The summed E-state index contributed by atoms with van der Waals surface area (Å²) in [6.07, 6.45) is -10.6. The maximum absolute atomic E-state index is 12.7. The van der Waals surface area contributed by atoms with Crippen LogP contribution in [0.2, 0.25) is 0 Å². The van der Waals surface area contributed by atoms with Gasteiger partial charge in [0.05, 0.1) is 12.2 Å². The average molecular weight is 320 g/mol. The van der Waals surface area contributed by atoms with Gasteiger partial charge in [-0.3, -0.25) is 0 Å². The van der Waals surface area contributed by atoms with Crippen molar-refractivity contribution in [2.75, 3.05) is 13.2 Å². The van der Waals surface area contributed by atoms with Crippen LogP contribution in [-0.4, -0.2) is 30.7 Å². The highest BCUT2D eigenvalue weighted by Gasteiger charge is 2.41. The van der Waals surface area contributed by atoms with E-state index in [1.807, 2.05) is 0 Å². The molecule has 0 aromatic heterocycles. The summed E-state index contributed by atoms with van der Waals surface area (Å²) in [5, 5.41) is 9.54. The molecule has 0 aliphatic heterocycles. The van der Waals surface area contributed by atoms with E-state index in [9.17, 15) is 35.8 Å². The minimum atomic E-state index is -4.75. The number of rotatable bonds is 6. The van der Waals surface area contributed by atoms with Gasteiger partial charge in [0.1, 0.15) is 12.7 Å². The highest BCUT2D eigenvalue weighted by atomic mass is 19.4. The van der Waals surface area contributed by atoms with Crippen molar-refractivity contribution in [3.8, 4) is 0 Å². The third kappa shape index (κ3) is 4.85. The molecule has 0 aliphatic rings. The van der Waals surface area contributed by atoms with Crippen molar-refractivity contribution in [1.29, 1.82) is 0 Å². The normalized spacial score (nSPS) is 14.5. The lowest BCUT2D eigenvalue weighted by Gasteiger charge is -2.19. The van der Waals surface area contributed by atoms with Crippen molar-refractivity contribution in [2.45, 2.75) is 24.6 Å². The van der Waals surface area contributed by atoms with Crippen LogP contribution in [0, 0.1) is 0 Å². The molecular weight excluding hydrogens is 309 g/mol. The molecule has 0 fully saturated rings. The maximum atomic E-state index is 12.7. The summed E-state index contributed by atoms with van der Waals surface area (Å²) in [6.45, 7) is -2.66. The number of alkyl halides is 7. The Morgan fingerprint density at radius 3 is 2.14 bits per heavy atom. The van der Waals surface area contributed by atoms with Gasteiger partial charge in [-0.1, -0.05) is 18.2 Å². The molecule has 1 aromatic carbocycles. The van der Waals surface area contributed by atoms with E-state index >= 15 is 0 Å². The summed E-state index contributed by atoms with van der Waals surface area (Å²) < 4.78 is 90.9. The Morgan fingerprint density at radius 1 is 1.05 bits per heavy atom. The zero-order valence-corrected chi connectivity index (χ0v) is 10.4. The van der Waals surface area contributed by atoms with Gasteiger partial charge in [-0.15, -0.1) is 0 Å². The Bertz CT molecular complexity index is 459. The van der Waals surface area contributed by atoms with Crippen molar-refractivity contribution in [3.05, 3.63) is 35.4 Å². The fourth-order valence-electron chi connectivity index (χ4n) is 1.51. The molecule has 1 rings (SSSR count). The van der Waals surface area contributed by atoms with Crippen LogP contribution in [0.5, 0.6) is 0 Å². The Hall–Kier alpha value is -1.35. The molecule has 0 saturated carbocycles. The van der Waals surface area contributed by atoms with Gasteiger partial charge in [0.2, 0.25) is 0 Å². The molecular formula is C12H11F7O2. The van der Waals surface area contributed by atoms with Crippen molar-refractivity contribution in [2.24, 2.45) is 0 Å². The summed E-state index contributed by atoms with van der Waals surface area (Å²) in [7, 11) is 0. The molecule has 2 nitrogen and oxygen atoms in total. The number of halogens is 7. The van der Waals surface area contributed by atoms with Crippen molar-refractivity contribution in [3.63, 3.8) is 0 Å². The van der Waals surface area contributed by atoms with E-state index in [4.69, 9.17) is 0 Å². The van der Waals surface area contributed by atoms with Gasteiger partial charge in [0.15, 0.2) is 0 Å². The number of hydrogen-bond donors (Lipinski definition) is 1. The molecule has 0 bridgehead atoms. The molecule has 21 heavy (non-hydrogen) atoms. The molecule has 1 N–H and O–H groups in total. The predicted octanol–water partition coefficient (Wildman–Crippen LogP) is 3.66. The van der Waals surface area contributed by atoms with Gasteiger partial charge in [0.25, 0.3) is 0 Å². The van der Waals surface area contributed by atoms with E-state index in [2.05, 4.69) is 4.74 Å². The number of aliphatic hydroxyl groups excluding tert-OH is 1. The molecule has 0 radical (unpaired) electrons. The third-order valence-corrected chi connectivity index (χ3v) is 2.51. The molecule has 0 aliphatic carbocycles. The first-order chi connectivity index (χ1) is 9.55. The summed E-state index contributed by atoms with van der Waals surface area (Å²) >= 11 is 0. The molecule has 9 heteroatoms. The van der Waals surface area contributed by atoms with E-state index in [0.717, 1.165) is 12.1 Å². The van der Waals surface area contributed by atoms with Crippen LogP contribution in [0.25, 0.3) is 0 Å². The first-order valence-electron chi connectivity index (χ1n) is 5.63. The summed E-state index contributed by atoms with van der Waals surface area (Å²) in [4.78, 5) is 0. The van der Waals surface area contributed by atoms with Gasteiger partial charge in [-0.05, 0) is 11.6 Å². The van der Waals surface area contributed by atoms with Crippen molar-refractivity contribution < 1.29 is 40.6 Å². The van der Waals surface area contributed by atoms with Gasteiger partial charge >= 0.3 is 18.5 Å². The molecule has 1 atom stereocenters. The Morgan fingerprint density at radius 2 is 1.62 bits per heavy atom. The minimum absolute atomic E-state index is 0.578.